The maximum Gasteiger partial charge on any atom is 0.253 e. The third-order valence-corrected chi connectivity index (χ3v) is 8.08. The second-order valence-electron chi connectivity index (χ2n) is 5.66. The van der Waals surface area contributed by atoms with E-state index in [-0.39, 0.29) is 16.7 Å². The number of nitrogens with one attached hydrogen (secondary N) is 1. The number of amides is 1. The molecule has 1 N–H and O–H groups in total. The van der Waals surface area contributed by atoms with Crippen LogP contribution in [0, 0.1) is 5.82 Å². The first-order valence-electron chi connectivity index (χ1n) is 7.66. The predicted octanol–water partition coefficient (Wildman–Crippen LogP) is 3.12. The molecule has 134 valence electrons. The first-order chi connectivity index (χ1) is 11.9. The molecule has 0 radical (unpaired) electrons. The number of thiophene rings is 1. The molecule has 2 heterocycles. The third kappa shape index (κ3) is 3.94. The predicted molar refractivity (Wildman–Crippen MR) is 97.2 cm³/mol. The van der Waals surface area contributed by atoms with Gasteiger partial charge in [0.25, 0.3) is 10.0 Å². The first kappa shape index (κ1) is 18.5. The fraction of sp³-hybridized carbons (Fsp3) is 0.312. The van der Waals surface area contributed by atoms with Crippen LogP contribution in [0.3, 0.4) is 0 Å². The minimum absolute atomic E-state index is 0.126. The summed E-state index contributed by atoms with van der Waals surface area (Å²) in [5.41, 5.74) is 0.596. The second-order valence-corrected chi connectivity index (χ2v) is 9.58. The van der Waals surface area contributed by atoms with E-state index in [9.17, 15) is 17.6 Å². The summed E-state index contributed by atoms with van der Waals surface area (Å²) in [5.74, 6) is -0.760. The zero-order valence-electron chi connectivity index (χ0n) is 13.1. The van der Waals surface area contributed by atoms with Crippen molar-refractivity contribution in [3.05, 3.63) is 51.6 Å². The number of benzene rings is 1. The van der Waals surface area contributed by atoms with Gasteiger partial charge in [-0.1, -0.05) is 22.0 Å². The van der Waals surface area contributed by atoms with Crippen molar-refractivity contribution in [2.24, 2.45) is 0 Å². The molecule has 1 atom stereocenters. The normalized spacial score (nSPS) is 18.4. The van der Waals surface area contributed by atoms with Crippen LogP contribution < -0.4 is 5.32 Å². The Balaban J connectivity index is 1.72. The van der Waals surface area contributed by atoms with E-state index in [4.69, 9.17) is 0 Å². The zero-order valence-corrected chi connectivity index (χ0v) is 16.3. The maximum absolute atomic E-state index is 13.3. The van der Waals surface area contributed by atoms with Crippen LogP contribution >= 0.6 is 27.3 Å². The molecule has 3 rings (SSSR count). The molecule has 1 aromatic heterocycles. The Kier molecular flexibility index (Phi) is 5.57. The molecule has 0 saturated carbocycles. The van der Waals surface area contributed by atoms with Crippen LogP contribution in [0.4, 0.5) is 4.39 Å². The quantitative estimate of drug-likeness (QED) is 0.766. The van der Waals surface area contributed by atoms with Gasteiger partial charge in [-0.15, -0.1) is 11.3 Å². The summed E-state index contributed by atoms with van der Waals surface area (Å²) < 4.78 is 40.9. The lowest BCUT2D eigenvalue weighted by Crippen LogP contribution is -2.45. The molecule has 0 spiro atoms. The third-order valence-electron chi connectivity index (χ3n) is 4.03. The van der Waals surface area contributed by atoms with E-state index in [0.717, 1.165) is 11.3 Å². The number of nitrogens with zero attached hydrogens (tertiary/aromatic N) is 1. The average Bonchev–Trinajstić information content (AvgIpc) is 3.27. The van der Waals surface area contributed by atoms with Crippen LogP contribution in [0.1, 0.15) is 18.4 Å². The highest BCUT2D eigenvalue weighted by atomic mass is 79.9. The number of rotatable bonds is 5. The number of carbonyl (C=O) groups is 1. The maximum atomic E-state index is 13.3. The molecule has 1 aromatic carbocycles. The molecule has 0 unspecified atom stereocenters. The van der Waals surface area contributed by atoms with Crippen molar-refractivity contribution in [1.82, 2.24) is 9.62 Å². The monoisotopic (exact) mass is 446 g/mol. The standard InChI is InChI=1S/C16H16BrFN2O3S2/c17-13-6-5-12(18)9-11(13)10-19-16(21)14-3-1-7-20(14)25(22,23)15-4-2-8-24-15/h2,4-6,8-9,14H,1,3,7,10H2,(H,19,21)/t14-/m0/s1. The van der Waals surface area contributed by atoms with Gasteiger partial charge in [0.15, 0.2) is 0 Å². The van der Waals surface area contributed by atoms with Crippen LogP contribution in [0.25, 0.3) is 0 Å². The van der Waals surface area contributed by atoms with E-state index in [1.54, 1.807) is 17.5 Å². The van der Waals surface area contributed by atoms with Crippen molar-refractivity contribution in [3.63, 3.8) is 0 Å². The van der Waals surface area contributed by atoms with Gasteiger partial charge in [-0.3, -0.25) is 4.79 Å². The fourth-order valence-corrected chi connectivity index (χ4v) is 5.96. The Bertz CT molecular complexity index is 872. The Hall–Kier alpha value is -1.29. The van der Waals surface area contributed by atoms with Gasteiger partial charge in [-0.25, -0.2) is 12.8 Å². The fourth-order valence-electron chi connectivity index (χ4n) is 2.79. The van der Waals surface area contributed by atoms with Crippen molar-refractivity contribution in [2.75, 3.05) is 6.54 Å². The van der Waals surface area contributed by atoms with Crippen molar-refractivity contribution in [3.8, 4) is 0 Å². The Morgan fingerprint density at radius 1 is 1.40 bits per heavy atom. The number of hydrogen-bond donors (Lipinski definition) is 1. The van der Waals surface area contributed by atoms with E-state index in [0.29, 0.717) is 29.4 Å². The summed E-state index contributed by atoms with van der Waals surface area (Å²) in [6, 6.07) is 6.70. The Morgan fingerprint density at radius 3 is 2.92 bits per heavy atom. The van der Waals surface area contributed by atoms with Gasteiger partial charge in [0, 0.05) is 17.6 Å². The van der Waals surface area contributed by atoms with Gasteiger partial charge in [0.1, 0.15) is 16.1 Å². The topological polar surface area (TPSA) is 66.5 Å². The summed E-state index contributed by atoms with van der Waals surface area (Å²) in [6.45, 7) is 0.447. The van der Waals surface area contributed by atoms with Gasteiger partial charge in [-0.05, 0) is 48.1 Å². The molecule has 0 bridgehead atoms. The van der Waals surface area contributed by atoms with E-state index in [1.165, 1.54) is 22.5 Å². The Morgan fingerprint density at radius 2 is 2.20 bits per heavy atom. The highest BCUT2D eigenvalue weighted by Crippen LogP contribution is 2.28. The number of carbonyl (C=O) groups excluding carboxylic acids is 1. The molecule has 1 aliphatic heterocycles. The average molecular weight is 447 g/mol. The van der Waals surface area contributed by atoms with Crippen molar-refractivity contribution in [1.29, 1.82) is 0 Å². The highest BCUT2D eigenvalue weighted by Gasteiger charge is 2.39. The molecule has 5 nitrogen and oxygen atoms in total. The second kappa shape index (κ2) is 7.53. The lowest BCUT2D eigenvalue weighted by molar-refractivity contribution is -0.124. The zero-order chi connectivity index (χ0) is 18.0. The minimum atomic E-state index is -3.67. The summed E-state index contributed by atoms with van der Waals surface area (Å²) in [4.78, 5) is 12.5. The number of sulfonamides is 1. The molecule has 1 aliphatic rings. The summed E-state index contributed by atoms with van der Waals surface area (Å²) >= 11 is 4.45. The first-order valence-corrected chi connectivity index (χ1v) is 10.8. The molecular formula is C16H16BrFN2O3S2. The van der Waals surface area contributed by atoms with Gasteiger partial charge < -0.3 is 5.32 Å². The van der Waals surface area contributed by atoms with Gasteiger partial charge in [0.2, 0.25) is 5.91 Å². The molecule has 9 heteroatoms. The van der Waals surface area contributed by atoms with E-state index >= 15 is 0 Å². The van der Waals surface area contributed by atoms with E-state index in [2.05, 4.69) is 21.2 Å². The lowest BCUT2D eigenvalue weighted by Gasteiger charge is -2.22. The van der Waals surface area contributed by atoms with Gasteiger partial charge in [-0.2, -0.15) is 4.31 Å². The van der Waals surface area contributed by atoms with Crippen LogP contribution in [-0.4, -0.2) is 31.2 Å². The SMILES string of the molecule is O=C(NCc1cc(F)ccc1Br)[C@@H]1CCCN1S(=O)(=O)c1cccs1. The molecule has 1 saturated heterocycles. The Labute approximate surface area is 158 Å². The highest BCUT2D eigenvalue weighted by molar-refractivity contribution is 9.10. The van der Waals surface area contributed by atoms with Crippen LogP contribution in [0.15, 0.2) is 44.4 Å². The molecule has 2 aromatic rings. The molecule has 1 amide bonds. The van der Waals surface area contributed by atoms with Gasteiger partial charge in [0.05, 0.1) is 0 Å². The number of hydrogen-bond acceptors (Lipinski definition) is 4. The van der Waals surface area contributed by atoms with Gasteiger partial charge >= 0.3 is 0 Å². The summed E-state index contributed by atoms with van der Waals surface area (Å²) in [6.07, 6.45) is 1.10. The lowest BCUT2D eigenvalue weighted by atomic mass is 10.2. The van der Waals surface area contributed by atoms with E-state index in [1.807, 2.05) is 0 Å². The van der Waals surface area contributed by atoms with Crippen molar-refractivity contribution < 1.29 is 17.6 Å². The minimum Gasteiger partial charge on any atom is -0.351 e. The van der Waals surface area contributed by atoms with Crippen molar-refractivity contribution in [2.45, 2.75) is 29.6 Å². The smallest absolute Gasteiger partial charge is 0.253 e. The molecular weight excluding hydrogens is 431 g/mol. The number of halogens is 2. The van der Waals surface area contributed by atoms with Crippen LogP contribution in [0.5, 0.6) is 0 Å². The summed E-state index contributed by atoms with van der Waals surface area (Å²) in [5, 5.41) is 4.41. The molecule has 25 heavy (non-hydrogen) atoms. The molecule has 0 aliphatic carbocycles. The molecule has 1 fully saturated rings. The van der Waals surface area contributed by atoms with E-state index < -0.39 is 21.9 Å². The van der Waals surface area contributed by atoms with Crippen LogP contribution in [0.2, 0.25) is 0 Å². The summed E-state index contributed by atoms with van der Waals surface area (Å²) in [7, 11) is -3.67. The van der Waals surface area contributed by atoms with Crippen molar-refractivity contribution >= 4 is 43.2 Å². The van der Waals surface area contributed by atoms with Crippen LogP contribution in [-0.2, 0) is 21.4 Å². The largest absolute Gasteiger partial charge is 0.351 e.